The summed E-state index contributed by atoms with van der Waals surface area (Å²) in [6.45, 7) is -1.09. The minimum absolute atomic E-state index is 0.0460. The third kappa shape index (κ3) is 4.31. The highest BCUT2D eigenvalue weighted by Gasteiger charge is 2.27. The van der Waals surface area contributed by atoms with Crippen molar-refractivity contribution in [3.05, 3.63) is 28.7 Å². The molecule has 0 aliphatic carbocycles. The van der Waals surface area contributed by atoms with Gasteiger partial charge < -0.3 is 14.4 Å². The van der Waals surface area contributed by atoms with Gasteiger partial charge in [0.1, 0.15) is 0 Å². The first-order valence-electron chi connectivity index (χ1n) is 7.97. The van der Waals surface area contributed by atoms with Crippen LogP contribution in [0.1, 0.15) is 24.8 Å². The predicted molar refractivity (Wildman–Crippen MR) is 93.1 cm³/mol. The number of hydrogen-bond donors (Lipinski definition) is 0. The van der Waals surface area contributed by atoms with Gasteiger partial charge in [0.05, 0.1) is 12.0 Å². The van der Waals surface area contributed by atoms with Crippen LogP contribution < -0.4 is 9.47 Å². The molecule has 0 bridgehead atoms. The topological polar surface area (TPSA) is 51.1 Å². The summed E-state index contributed by atoms with van der Waals surface area (Å²) in [4.78, 5) is 18.9. The first-order chi connectivity index (χ1) is 12.1. The Hall–Kier alpha value is -2.09. The van der Waals surface area contributed by atoms with Gasteiger partial charge in [-0.25, -0.2) is 0 Å². The molecule has 1 aromatic rings. The third-order valence-electron chi connectivity index (χ3n) is 3.94. The molecular formula is C17H18F2N2O3S. The quantitative estimate of drug-likeness (QED) is 0.758. The Kier molecular flexibility index (Phi) is 5.57. The van der Waals surface area contributed by atoms with E-state index in [2.05, 4.69) is 14.6 Å². The van der Waals surface area contributed by atoms with E-state index in [0.29, 0.717) is 10.5 Å². The first kappa shape index (κ1) is 17.7. The summed E-state index contributed by atoms with van der Waals surface area (Å²) in [6.07, 6.45) is 5.10. The molecule has 25 heavy (non-hydrogen) atoms. The molecule has 8 heteroatoms. The van der Waals surface area contributed by atoms with Gasteiger partial charge in [-0.2, -0.15) is 13.8 Å². The number of likely N-dealkylation sites (tertiary alicyclic amines) is 1. The summed E-state index contributed by atoms with van der Waals surface area (Å²) in [5, 5.41) is 0.737. The van der Waals surface area contributed by atoms with Gasteiger partial charge in [-0.1, -0.05) is 6.07 Å². The van der Waals surface area contributed by atoms with E-state index in [4.69, 9.17) is 4.74 Å². The number of amidine groups is 1. The maximum atomic E-state index is 12.4. The maximum Gasteiger partial charge on any atom is 0.387 e. The molecule has 134 valence electrons. The Morgan fingerprint density at radius 1 is 1.24 bits per heavy atom. The summed E-state index contributed by atoms with van der Waals surface area (Å²) in [5.41, 5.74) is 0.657. The van der Waals surface area contributed by atoms with Gasteiger partial charge in [-0.3, -0.25) is 4.79 Å². The van der Waals surface area contributed by atoms with E-state index in [1.165, 1.54) is 31.4 Å². The van der Waals surface area contributed by atoms with Gasteiger partial charge in [-0.05, 0) is 54.8 Å². The molecule has 0 aromatic heterocycles. The Labute approximate surface area is 148 Å². The molecule has 0 radical (unpaired) electrons. The standard InChI is InChI=1S/C17H18F2N2O3S/c1-23-13-9-11(5-6-12(13)24-16(18)19)10-14-15(22)20-17(25-14)21-7-3-2-4-8-21/h5-6,9-10,16H,2-4,7-8H2,1H3/b14-10+. The van der Waals surface area contributed by atoms with Gasteiger partial charge in [0.25, 0.3) is 5.91 Å². The number of aliphatic imine (C=N–C) groups is 1. The third-order valence-corrected chi connectivity index (χ3v) is 4.98. The SMILES string of the molecule is COc1cc(/C=C2/SC(N3CCCCC3)=NC2=O)ccc1OC(F)F. The molecule has 0 unspecified atom stereocenters. The molecule has 1 saturated heterocycles. The van der Waals surface area contributed by atoms with E-state index in [1.54, 1.807) is 18.2 Å². The zero-order valence-corrected chi connectivity index (χ0v) is 14.5. The zero-order chi connectivity index (χ0) is 17.8. The number of hydrogen-bond acceptors (Lipinski definition) is 5. The summed E-state index contributed by atoms with van der Waals surface area (Å²) in [6, 6.07) is 4.55. The number of rotatable bonds is 4. The molecule has 1 aromatic carbocycles. The lowest BCUT2D eigenvalue weighted by Crippen LogP contribution is -2.33. The maximum absolute atomic E-state index is 12.4. The van der Waals surface area contributed by atoms with Crippen molar-refractivity contribution < 1.29 is 23.0 Å². The van der Waals surface area contributed by atoms with Crippen LogP contribution in [0, 0.1) is 0 Å². The Morgan fingerprint density at radius 3 is 2.68 bits per heavy atom. The number of carbonyl (C=O) groups excluding carboxylic acids is 1. The van der Waals surface area contributed by atoms with Crippen LogP contribution in [-0.4, -0.2) is 42.8 Å². The van der Waals surface area contributed by atoms with Crippen LogP contribution in [0.5, 0.6) is 11.5 Å². The van der Waals surface area contributed by atoms with Crippen LogP contribution in [-0.2, 0) is 4.79 Å². The molecule has 0 saturated carbocycles. The van der Waals surface area contributed by atoms with Crippen LogP contribution in [0.4, 0.5) is 8.78 Å². The van der Waals surface area contributed by atoms with Gasteiger partial charge in [0.2, 0.25) is 0 Å². The van der Waals surface area contributed by atoms with Crippen molar-refractivity contribution in [2.24, 2.45) is 4.99 Å². The van der Waals surface area contributed by atoms with E-state index >= 15 is 0 Å². The Morgan fingerprint density at radius 2 is 2.00 bits per heavy atom. The predicted octanol–water partition coefficient (Wildman–Crippen LogP) is 3.75. The number of thioether (sulfide) groups is 1. The fraction of sp³-hybridized carbons (Fsp3) is 0.412. The molecule has 5 nitrogen and oxygen atoms in total. The van der Waals surface area contributed by atoms with Crippen molar-refractivity contribution in [1.29, 1.82) is 0 Å². The number of ether oxygens (including phenoxy) is 2. The van der Waals surface area contributed by atoms with Crippen molar-refractivity contribution in [3.63, 3.8) is 0 Å². The average Bonchev–Trinajstić information content (AvgIpc) is 2.97. The fourth-order valence-electron chi connectivity index (χ4n) is 2.74. The molecule has 0 N–H and O–H groups in total. The van der Waals surface area contributed by atoms with Crippen LogP contribution in [0.15, 0.2) is 28.1 Å². The second-order valence-electron chi connectivity index (χ2n) is 5.65. The van der Waals surface area contributed by atoms with Gasteiger partial charge in [0.15, 0.2) is 16.7 Å². The molecule has 0 atom stereocenters. The van der Waals surface area contributed by atoms with Crippen LogP contribution in [0.25, 0.3) is 6.08 Å². The number of nitrogens with zero attached hydrogens (tertiary/aromatic N) is 2. The molecule has 2 aliphatic rings. The number of alkyl halides is 2. The second kappa shape index (κ2) is 7.86. The van der Waals surface area contributed by atoms with Crippen molar-refractivity contribution in [2.45, 2.75) is 25.9 Å². The fourth-order valence-corrected chi connectivity index (χ4v) is 3.70. The lowest BCUT2D eigenvalue weighted by atomic mass is 10.1. The monoisotopic (exact) mass is 368 g/mol. The number of piperidine rings is 1. The summed E-state index contributed by atoms with van der Waals surface area (Å²) in [7, 11) is 1.37. The summed E-state index contributed by atoms with van der Waals surface area (Å²) < 4.78 is 34.2. The number of halogens is 2. The second-order valence-corrected chi connectivity index (χ2v) is 6.66. The van der Waals surface area contributed by atoms with Crippen molar-refractivity contribution in [1.82, 2.24) is 4.90 Å². The van der Waals surface area contributed by atoms with E-state index < -0.39 is 6.61 Å². The Balaban J connectivity index is 1.76. The molecular weight excluding hydrogens is 350 g/mol. The zero-order valence-electron chi connectivity index (χ0n) is 13.7. The lowest BCUT2D eigenvalue weighted by molar-refractivity contribution is -0.113. The number of methoxy groups -OCH3 is 1. The molecule has 3 rings (SSSR count). The minimum atomic E-state index is -2.93. The van der Waals surface area contributed by atoms with Crippen molar-refractivity contribution >= 4 is 28.9 Å². The van der Waals surface area contributed by atoms with Gasteiger partial charge in [0, 0.05) is 13.1 Å². The van der Waals surface area contributed by atoms with E-state index in [9.17, 15) is 13.6 Å². The van der Waals surface area contributed by atoms with Gasteiger partial charge in [-0.15, -0.1) is 0 Å². The van der Waals surface area contributed by atoms with Crippen molar-refractivity contribution in [2.75, 3.05) is 20.2 Å². The largest absolute Gasteiger partial charge is 0.493 e. The molecule has 2 aliphatic heterocycles. The summed E-state index contributed by atoms with van der Waals surface area (Å²) >= 11 is 1.34. The van der Waals surface area contributed by atoms with E-state index in [1.807, 2.05) is 0 Å². The van der Waals surface area contributed by atoms with Crippen LogP contribution in [0.2, 0.25) is 0 Å². The van der Waals surface area contributed by atoms with Crippen LogP contribution >= 0.6 is 11.8 Å². The molecule has 2 heterocycles. The molecule has 1 fully saturated rings. The van der Waals surface area contributed by atoms with Crippen molar-refractivity contribution in [3.8, 4) is 11.5 Å². The highest BCUT2D eigenvalue weighted by atomic mass is 32.2. The first-order valence-corrected chi connectivity index (χ1v) is 8.79. The minimum Gasteiger partial charge on any atom is -0.493 e. The average molecular weight is 368 g/mol. The van der Waals surface area contributed by atoms with Gasteiger partial charge >= 0.3 is 6.61 Å². The highest BCUT2D eigenvalue weighted by Crippen LogP contribution is 2.34. The van der Waals surface area contributed by atoms with E-state index in [0.717, 1.165) is 31.1 Å². The number of amides is 1. The molecule has 1 amide bonds. The summed E-state index contributed by atoms with van der Waals surface area (Å²) in [5.74, 6) is -0.143. The number of carbonyl (C=O) groups is 1. The Bertz CT molecular complexity index is 716. The normalized spacial score (nSPS) is 19.5. The lowest BCUT2D eigenvalue weighted by Gasteiger charge is -2.27. The smallest absolute Gasteiger partial charge is 0.387 e. The molecule has 0 spiro atoms. The number of benzene rings is 1. The van der Waals surface area contributed by atoms with Crippen LogP contribution in [0.3, 0.4) is 0 Å². The van der Waals surface area contributed by atoms with E-state index in [-0.39, 0.29) is 17.4 Å². The highest BCUT2D eigenvalue weighted by molar-refractivity contribution is 8.18.